The van der Waals surface area contributed by atoms with E-state index in [0.29, 0.717) is 29.0 Å². The van der Waals surface area contributed by atoms with Gasteiger partial charge < -0.3 is 42.5 Å². The summed E-state index contributed by atoms with van der Waals surface area (Å²) in [6, 6.07) is 35.3. The molecule has 2 saturated heterocycles. The van der Waals surface area contributed by atoms with Crippen LogP contribution in [-0.4, -0.2) is 91.8 Å². The first-order chi connectivity index (χ1) is 35.2. The van der Waals surface area contributed by atoms with E-state index in [1.54, 1.807) is 64.3 Å². The Kier molecular flexibility index (Phi) is 16.6. The molecule has 0 radical (unpaired) electrons. The van der Waals surface area contributed by atoms with Crippen molar-refractivity contribution in [2.45, 2.75) is 101 Å². The molecule has 6 aromatic rings. The number of aromatic nitrogens is 4. The average Bonchev–Trinajstić information content (AvgIpc) is 3.97. The molecule has 74 heavy (non-hydrogen) atoms. The molecule has 8 rings (SSSR count). The second-order valence-corrected chi connectivity index (χ2v) is 28.7. The summed E-state index contributed by atoms with van der Waals surface area (Å²) in [5.41, 5.74) is 0.189. The minimum Gasteiger partial charge on any atom is -0.497 e. The van der Waals surface area contributed by atoms with Crippen LogP contribution in [0.5, 0.6) is 11.5 Å². The van der Waals surface area contributed by atoms with Crippen LogP contribution in [0.25, 0.3) is 0 Å². The third-order valence-electron chi connectivity index (χ3n) is 13.9. The molecule has 0 bridgehead atoms. The maximum absolute atomic E-state index is 13.6. The Morgan fingerprint density at radius 3 is 1.89 bits per heavy atom. The number of carbonyl (C=O) groups is 1. The third-order valence-corrected chi connectivity index (χ3v) is 20.3. The number of benzene rings is 4. The van der Waals surface area contributed by atoms with Gasteiger partial charge in [0.1, 0.15) is 47.6 Å². The molecular formula is C54H64N5O12PSSi. The topological polar surface area (TPSA) is 193 Å². The molecule has 392 valence electrons. The number of H-pyrrole nitrogens is 1. The summed E-state index contributed by atoms with van der Waals surface area (Å²) in [4.78, 5) is 58.9. The van der Waals surface area contributed by atoms with Crippen molar-refractivity contribution in [3.8, 4) is 11.5 Å². The number of aryl methyl sites for hydroxylation is 1. The highest BCUT2D eigenvalue weighted by Gasteiger charge is 2.47. The second-order valence-electron chi connectivity index (χ2n) is 20.0. The minimum atomic E-state index is -3.21. The summed E-state index contributed by atoms with van der Waals surface area (Å²) in [6.45, 7) is 10.7. The van der Waals surface area contributed by atoms with E-state index in [9.17, 15) is 19.2 Å². The van der Waals surface area contributed by atoms with E-state index in [1.807, 2.05) is 84.9 Å². The highest BCUT2D eigenvalue weighted by molar-refractivity contribution is 8.09. The van der Waals surface area contributed by atoms with Gasteiger partial charge in [-0.05, 0) is 96.0 Å². The van der Waals surface area contributed by atoms with Crippen LogP contribution in [0.15, 0.2) is 142 Å². The van der Waals surface area contributed by atoms with Gasteiger partial charge in [0, 0.05) is 43.0 Å². The Balaban J connectivity index is 1.07. The van der Waals surface area contributed by atoms with Crippen molar-refractivity contribution >= 4 is 38.3 Å². The molecule has 4 heterocycles. The molecule has 0 spiro atoms. The van der Waals surface area contributed by atoms with Crippen molar-refractivity contribution in [3.05, 3.63) is 187 Å². The summed E-state index contributed by atoms with van der Waals surface area (Å²) in [6.07, 6.45) is -0.981. The fraction of sp³-hybridized carbons (Fsp3) is 0.389. The Morgan fingerprint density at radius 2 is 1.32 bits per heavy atom. The highest BCUT2D eigenvalue weighted by atomic mass is 32.5. The van der Waals surface area contributed by atoms with Crippen LogP contribution in [0, 0.1) is 6.92 Å². The van der Waals surface area contributed by atoms with Gasteiger partial charge in [-0.15, -0.1) is 0 Å². The summed E-state index contributed by atoms with van der Waals surface area (Å²) < 4.78 is 54.9. The van der Waals surface area contributed by atoms with Crippen molar-refractivity contribution < 1.29 is 42.0 Å². The van der Waals surface area contributed by atoms with Crippen LogP contribution >= 0.6 is 6.49 Å². The number of nitrogens with one attached hydrogen (secondary N) is 2. The molecule has 4 aromatic carbocycles. The molecule has 1 amide bonds. The van der Waals surface area contributed by atoms with Crippen molar-refractivity contribution in [2.24, 2.45) is 0 Å². The maximum atomic E-state index is 13.6. The van der Waals surface area contributed by atoms with E-state index in [0.717, 1.165) is 16.7 Å². The fourth-order valence-electron chi connectivity index (χ4n) is 8.88. The molecule has 2 N–H and O–H groups in total. The molecule has 17 nitrogen and oxygen atoms in total. The number of nitrogens with zero attached hydrogens (tertiary/aromatic N) is 3. The van der Waals surface area contributed by atoms with Crippen molar-refractivity contribution in [1.29, 1.82) is 0 Å². The van der Waals surface area contributed by atoms with Crippen LogP contribution in [0.4, 0.5) is 5.82 Å². The van der Waals surface area contributed by atoms with Gasteiger partial charge in [0.2, 0.25) is 0 Å². The Labute approximate surface area is 436 Å². The van der Waals surface area contributed by atoms with Gasteiger partial charge in [0.05, 0.1) is 39.6 Å². The molecule has 2 aromatic heterocycles. The number of anilines is 1. The van der Waals surface area contributed by atoms with Gasteiger partial charge in [0.15, 0.2) is 14.8 Å². The molecule has 0 aliphatic carbocycles. The molecule has 0 saturated carbocycles. The van der Waals surface area contributed by atoms with Crippen LogP contribution in [0.3, 0.4) is 0 Å². The number of rotatable bonds is 19. The molecule has 20 heteroatoms. The summed E-state index contributed by atoms with van der Waals surface area (Å²) in [5.74, 6) is 1.04. The molecule has 2 aliphatic heterocycles. The zero-order valence-corrected chi connectivity index (χ0v) is 45.7. The highest BCUT2D eigenvalue weighted by Crippen LogP contribution is 2.51. The summed E-state index contributed by atoms with van der Waals surface area (Å²) >= 11 is 6.20. The van der Waals surface area contributed by atoms with E-state index in [1.165, 1.54) is 15.3 Å². The normalized spacial score (nSPS) is 21.0. The number of carbonyl (C=O) groups excluding carboxylic acids is 1. The van der Waals surface area contributed by atoms with Crippen LogP contribution < -0.4 is 31.7 Å². The minimum absolute atomic E-state index is 0.0419. The monoisotopic (exact) mass is 1070 g/mol. The van der Waals surface area contributed by atoms with E-state index < -0.39 is 80.1 Å². The first kappa shape index (κ1) is 54.4. The van der Waals surface area contributed by atoms with Gasteiger partial charge in [0.25, 0.3) is 11.5 Å². The molecule has 2 fully saturated rings. The molecule has 1 unspecified atom stereocenters. The van der Waals surface area contributed by atoms with Crippen molar-refractivity contribution in [2.75, 3.05) is 39.4 Å². The van der Waals surface area contributed by atoms with Crippen LogP contribution in [0.2, 0.25) is 18.1 Å². The molecule has 2 aliphatic rings. The Bertz CT molecular complexity index is 3090. The van der Waals surface area contributed by atoms with E-state index >= 15 is 0 Å². The molecule has 7 atom stereocenters. The predicted octanol–water partition coefficient (Wildman–Crippen LogP) is 8.69. The summed E-state index contributed by atoms with van der Waals surface area (Å²) in [7, 11) is 0.803. The lowest BCUT2D eigenvalue weighted by Gasteiger charge is -2.39. The smallest absolute Gasteiger partial charge is 0.351 e. The first-order valence-corrected chi connectivity index (χ1v) is 30.3. The largest absolute Gasteiger partial charge is 0.497 e. The fourth-order valence-corrected chi connectivity index (χ4v) is 11.9. The van der Waals surface area contributed by atoms with Crippen molar-refractivity contribution in [3.63, 3.8) is 0 Å². The van der Waals surface area contributed by atoms with Gasteiger partial charge in [-0.1, -0.05) is 93.6 Å². The zero-order chi connectivity index (χ0) is 53.0. The lowest BCUT2D eigenvalue weighted by Crippen LogP contribution is -2.46. The maximum Gasteiger partial charge on any atom is 0.351 e. The Hall–Kier alpha value is -5.86. The number of hydrogen-bond donors (Lipinski definition) is 2. The quantitative estimate of drug-likeness (QED) is 0.0445. The average molecular weight is 1070 g/mol. The number of hydrogen-bond acceptors (Lipinski definition) is 14. The number of ether oxygens (including phenoxy) is 5. The predicted molar refractivity (Wildman–Crippen MR) is 287 cm³/mol. The number of aromatic amines is 1. The van der Waals surface area contributed by atoms with Crippen LogP contribution in [-0.2, 0) is 45.1 Å². The number of amides is 1. The van der Waals surface area contributed by atoms with Gasteiger partial charge in [-0.25, -0.2) is 9.59 Å². The van der Waals surface area contributed by atoms with Gasteiger partial charge >= 0.3 is 11.4 Å². The van der Waals surface area contributed by atoms with E-state index in [2.05, 4.69) is 49.1 Å². The van der Waals surface area contributed by atoms with E-state index in [4.69, 9.17) is 49.0 Å². The standard InChI is InChI=1S/C54H64N5O12PSSi/c1-35-32-59(52(63)57-49(35)60)48-30-42(44(68-48)33-66-54(37-18-14-11-15-19-37,38-20-24-40(64-5)25-21-38)39-22-26-41(65-6)27-23-39)70-72(7,73)67-34-45-43(71-74(8,9)53(2,3)4)31-47(69-45)58-29-28-46(56-51(58)62)55-50(61)36-16-12-10-13-17-36/h10-29,32,42-45,47-48H,30-31,33-34H2,1-9H3,(H,57,60,63)(H,55,56,61,62)/t42-,43-,44+,45+,47+,48+,72?/m0/s1. The van der Waals surface area contributed by atoms with Gasteiger partial charge in [-0.3, -0.25) is 23.7 Å². The summed E-state index contributed by atoms with van der Waals surface area (Å²) in [5, 5.41) is 2.54. The third kappa shape index (κ3) is 12.1. The number of methoxy groups -OCH3 is 2. The SMILES string of the molecule is COc1ccc(C(OC[C@H]2O[C@@H](n3cc(C)c(=O)[nH]c3=O)C[C@@H]2OP(C)(=S)OC[C@H]2O[C@@H](n3ccc(NC(=O)c4ccccc4)nc3=O)C[C@@H]2O[Si](C)(C)C(C)(C)C)(c2ccccc2)c2ccc(OC)cc2)cc1. The van der Waals surface area contributed by atoms with Crippen LogP contribution in [0.1, 0.15) is 78.7 Å². The van der Waals surface area contributed by atoms with Gasteiger partial charge in [-0.2, -0.15) is 4.98 Å². The zero-order valence-electron chi connectivity index (χ0n) is 43.0. The Morgan fingerprint density at radius 1 is 0.784 bits per heavy atom. The van der Waals surface area contributed by atoms with Crippen molar-refractivity contribution in [1.82, 2.24) is 19.1 Å². The lowest BCUT2D eigenvalue weighted by molar-refractivity contribution is -0.0923. The van der Waals surface area contributed by atoms with E-state index in [-0.39, 0.29) is 30.5 Å². The first-order valence-electron chi connectivity index (χ1n) is 24.4. The molecular weight excluding hydrogens is 1000 g/mol. The lowest BCUT2D eigenvalue weighted by atomic mass is 9.80. The second kappa shape index (κ2) is 22.5.